The van der Waals surface area contributed by atoms with Gasteiger partial charge in [0.1, 0.15) is 17.3 Å². The van der Waals surface area contributed by atoms with E-state index in [0.29, 0.717) is 16.7 Å². The van der Waals surface area contributed by atoms with Gasteiger partial charge in [-0.3, -0.25) is 4.79 Å². The predicted octanol–water partition coefficient (Wildman–Crippen LogP) is 3.82. The average Bonchev–Trinajstić information content (AvgIpc) is 2.97. The van der Waals surface area contributed by atoms with Crippen molar-refractivity contribution in [1.29, 1.82) is 0 Å². The lowest BCUT2D eigenvalue weighted by atomic mass is 10.0. The summed E-state index contributed by atoms with van der Waals surface area (Å²) < 4.78 is 0. The minimum atomic E-state index is 0.316. The quantitative estimate of drug-likeness (QED) is 0.610. The van der Waals surface area contributed by atoms with Crippen LogP contribution in [0.1, 0.15) is 29.6 Å². The number of ketones is 1. The minimum Gasteiger partial charge on any atom is -0.294 e. The molecule has 0 saturated carbocycles. The van der Waals surface area contributed by atoms with Crippen molar-refractivity contribution in [3.05, 3.63) is 48.0 Å². The monoisotopic (exact) mass is 271 g/mol. The van der Waals surface area contributed by atoms with Crippen LogP contribution in [0.25, 0.3) is 10.8 Å². The number of Topliss-reactive ketones (excluding diaryl/α,β-unsaturated/α-hetero) is 1. The highest BCUT2D eigenvalue weighted by Gasteiger charge is 2.24. The second-order valence-electron chi connectivity index (χ2n) is 5.13. The van der Waals surface area contributed by atoms with Crippen LogP contribution in [-0.2, 0) is 10.9 Å². The average molecular weight is 271 g/mol. The molecule has 1 heterocycles. The Balaban J connectivity index is 1.77. The van der Waals surface area contributed by atoms with Gasteiger partial charge >= 0.3 is 0 Å². The van der Waals surface area contributed by atoms with Gasteiger partial charge in [-0.2, -0.15) is 0 Å². The number of benzene rings is 2. The van der Waals surface area contributed by atoms with E-state index >= 15 is 0 Å². The SMILES string of the molecule is O=C(CC[S+]1CCCC1)c1cccc2ccccc12. The second-order valence-corrected chi connectivity index (χ2v) is 7.58. The Morgan fingerprint density at radius 2 is 1.74 bits per heavy atom. The van der Waals surface area contributed by atoms with Crippen LogP contribution in [0.3, 0.4) is 0 Å². The van der Waals surface area contributed by atoms with E-state index in [2.05, 4.69) is 18.2 Å². The van der Waals surface area contributed by atoms with Crippen molar-refractivity contribution in [3.8, 4) is 0 Å². The summed E-state index contributed by atoms with van der Waals surface area (Å²) in [5.41, 5.74) is 0.904. The molecule has 0 bridgehead atoms. The van der Waals surface area contributed by atoms with Crippen LogP contribution in [0.2, 0.25) is 0 Å². The van der Waals surface area contributed by atoms with Crippen LogP contribution < -0.4 is 0 Å². The van der Waals surface area contributed by atoms with Crippen molar-refractivity contribution in [2.24, 2.45) is 0 Å². The van der Waals surface area contributed by atoms with E-state index in [1.807, 2.05) is 24.3 Å². The van der Waals surface area contributed by atoms with Gasteiger partial charge in [0.25, 0.3) is 0 Å². The molecule has 0 aliphatic carbocycles. The van der Waals surface area contributed by atoms with Gasteiger partial charge in [-0.1, -0.05) is 42.5 Å². The lowest BCUT2D eigenvalue weighted by Gasteiger charge is -2.05. The number of carbonyl (C=O) groups is 1. The van der Waals surface area contributed by atoms with Gasteiger partial charge in [0.05, 0.1) is 6.42 Å². The molecule has 1 fully saturated rings. The van der Waals surface area contributed by atoms with Gasteiger partial charge in [0.2, 0.25) is 0 Å². The summed E-state index contributed by atoms with van der Waals surface area (Å²) in [5.74, 6) is 4.12. The normalized spacial score (nSPS) is 16.0. The van der Waals surface area contributed by atoms with Gasteiger partial charge in [-0.15, -0.1) is 0 Å². The molecule has 0 N–H and O–H groups in total. The molecule has 0 radical (unpaired) electrons. The topological polar surface area (TPSA) is 17.1 Å². The smallest absolute Gasteiger partial charge is 0.168 e. The summed E-state index contributed by atoms with van der Waals surface area (Å²) in [5, 5.41) is 2.27. The second kappa shape index (κ2) is 5.79. The molecule has 2 heteroatoms. The third-order valence-corrected chi connectivity index (χ3v) is 6.34. The van der Waals surface area contributed by atoms with E-state index in [1.165, 1.54) is 24.3 Å². The maximum Gasteiger partial charge on any atom is 0.168 e. The molecule has 98 valence electrons. The van der Waals surface area contributed by atoms with E-state index in [1.54, 1.807) is 0 Å². The molecule has 1 aliphatic rings. The van der Waals surface area contributed by atoms with Crippen molar-refractivity contribution in [2.45, 2.75) is 19.3 Å². The van der Waals surface area contributed by atoms with Crippen molar-refractivity contribution < 1.29 is 4.79 Å². The fourth-order valence-electron chi connectivity index (χ4n) is 2.76. The number of rotatable bonds is 4. The molecule has 1 nitrogen and oxygen atoms in total. The largest absolute Gasteiger partial charge is 0.294 e. The molecule has 0 amide bonds. The van der Waals surface area contributed by atoms with Gasteiger partial charge in [-0.25, -0.2) is 0 Å². The maximum absolute atomic E-state index is 12.4. The third kappa shape index (κ3) is 2.84. The van der Waals surface area contributed by atoms with Crippen LogP contribution in [-0.4, -0.2) is 23.0 Å². The minimum absolute atomic E-state index is 0.316. The Morgan fingerprint density at radius 1 is 1.00 bits per heavy atom. The first kappa shape index (κ1) is 12.7. The molecular formula is C17H19OS+. The van der Waals surface area contributed by atoms with Crippen LogP contribution >= 0.6 is 0 Å². The number of hydrogen-bond donors (Lipinski definition) is 0. The zero-order valence-corrected chi connectivity index (χ0v) is 11.9. The van der Waals surface area contributed by atoms with E-state index in [4.69, 9.17) is 0 Å². The molecule has 0 unspecified atom stereocenters. The van der Waals surface area contributed by atoms with Crippen molar-refractivity contribution in [2.75, 3.05) is 17.3 Å². The standard InChI is InChI=1S/C17H19OS/c18-17(10-13-19-11-3-4-12-19)16-9-5-7-14-6-1-2-8-15(14)16/h1-2,5-9H,3-4,10-13H2/q+1. The zero-order valence-electron chi connectivity index (χ0n) is 11.1. The van der Waals surface area contributed by atoms with Crippen molar-refractivity contribution in [1.82, 2.24) is 0 Å². The van der Waals surface area contributed by atoms with Crippen molar-refractivity contribution >= 4 is 27.5 Å². The molecule has 19 heavy (non-hydrogen) atoms. The Morgan fingerprint density at radius 3 is 2.58 bits per heavy atom. The summed E-state index contributed by atoms with van der Waals surface area (Å²) in [4.78, 5) is 12.4. The highest BCUT2D eigenvalue weighted by Crippen LogP contribution is 2.21. The molecular weight excluding hydrogens is 252 g/mol. The van der Waals surface area contributed by atoms with Crippen LogP contribution in [0.15, 0.2) is 42.5 Å². The van der Waals surface area contributed by atoms with Crippen LogP contribution in [0.4, 0.5) is 0 Å². The Bertz CT molecular complexity index is 579. The highest BCUT2D eigenvalue weighted by molar-refractivity contribution is 7.97. The summed E-state index contributed by atoms with van der Waals surface area (Å²) in [6, 6.07) is 14.2. The fourth-order valence-corrected chi connectivity index (χ4v) is 5.07. The fraction of sp³-hybridized carbons (Fsp3) is 0.353. The lowest BCUT2D eigenvalue weighted by Crippen LogP contribution is -2.13. The van der Waals surface area contributed by atoms with Gasteiger partial charge in [-0.05, 0) is 34.5 Å². The molecule has 2 aromatic carbocycles. The van der Waals surface area contributed by atoms with Gasteiger partial charge in [0.15, 0.2) is 5.78 Å². The first-order valence-electron chi connectivity index (χ1n) is 7.00. The van der Waals surface area contributed by atoms with Crippen LogP contribution in [0, 0.1) is 0 Å². The lowest BCUT2D eigenvalue weighted by molar-refractivity contribution is 0.0991. The summed E-state index contributed by atoms with van der Waals surface area (Å²) in [7, 11) is 0.524. The molecule has 1 aliphatic heterocycles. The maximum atomic E-state index is 12.4. The van der Waals surface area contributed by atoms with Gasteiger partial charge < -0.3 is 0 Å². The molecule has 2 aromatic rings. The number of fused-ring (bicyclic) bond motifs is 1. The number of carbonyl (C=O) groups excluding carboxylic acids is 1. The van der Waals surface area contributed by atoms with Crippen LogP contribution in [0.5, 0.6) is 0 Å². The molecule has 0 atom stereocenters. The van der Waals surface area contributed by atoms with E-state index in [9.17, 15) is 4.79 Å². The molecule has 0 aromatic heterocycles. The van der Waals surface area contributed by atoms with E-state index < -0.39 is 0 Å². The third-order valence-electron chi connectivity index (χ3n) is 3.82. The Labute approximate surface area is 117 Å². The molecule has 1 saturated heterocycles. The van der Waals surface area contributed by atoms with E-state index in [-0.39, 0.29) is 0 Å². The summed E-state index contributed by atoms with van der Waals surface area (Å²) in [6.45, 7) is 0. The Kier molecular flexibility index (Phi) is 3.88. The first-order valence-corrected chi connectivity index (χ1v) is 8.73. The summed E-state index contributed by atoms with van der Waals surface area (Å²) >= 11 is 0. The Hall–Kier alpha value is -1.28. The van der Waals surface area contributed by atoms with E-state index in [0.717, 1.165) is 28.5 Å². The molecule has 0 spiro atoms. The zero-order chi connectivity index (χ0) is 13.1. The van der Waals surface area contributed by atoms with Crippen molar-refractivity contribution in [3.63, 3.8) is 0 Å². The van der Waals surface area contributed by atoms with Gasteiger partial charge in [0, 0.05) is 5.56 Å². The highest BCUT2D eigenvalue weighted by atomic mass is 32.2. The first-order chi connectivity index (χ1) is 9.34. The number of hydrogen-bond acceptors (Lipinski definition) is 1. The summed E-state index contributed by atoms with van der Waals surface area (Å²) in [6.07, 6.45) is 3.45. The molecule has 3 rings (SSSR count). The predicted molar refractivity (Wildman–Crippen MR) is 84.1 cm³/mol.